The quantitative estimate of drug-likeness (QED) is 0.0195. The van der Waals surface area contributed by atoms with E-state index < -0.39 is 24.3 Å². The first-order valence-corrected chi connectivity index (χ1v) is 32.0. The number of carboxylic acid groups (broad SMARTS) is 1. The summed E-state index contributed by atoms with van der Waals surface area (Å²) in [6.45, 7) is 4.52. The van der Waals surface area contributed by atoms with E-state index in [1.165, 1.54) is 116 Å². The third-order valence-corrected chi connectivity index (χ3v) is 13.5. The van der Waals surface area contributed by atoms with Crippen LogP contribution in [0.25, 0.3) is 0 Å². The van der Waals surface area contributed by atoms with Crippen LogP contribution >= 0.6 is 0 Å². The zero-order chi connectivity index (χ0) is 57.6. The van der Waals surface area contributed by atoms with Crippen LogP contribution in [0.4, 0.5) is 0 Å². The third-order valence-electron chi connectivity index (χ3n) is 13.5. The lowest BCUT2D eigenvalue weighted by atomic mass is 10.0. The number of unbranched alkanes of at least 4 members (excludes halogenated alkanes) is 25. The van der Waals surface area contributed by atoms with Gasteiger partial charge in [0.05, 0.1) is 40.3 Å². The molecule has 9 nitrogen and oxygen atoms in total. The highest BCUT2D eigenvalue weighted by Crippen LogP contribution is 2.17. The van der Waals surface area contributed by atoms with Crippen molar-refractivity contribution in [1.82, 2.24) is 0 Å². The summed E-state index contributed by atoms with van der Waals surface area (Å²) in [5.74, 6) is -2.29. The fraction of sp³-hybridized carbons (Fsp3) is 0.700. The Morgan fingerprint density at radius 1 is 0.380 bits per heavy atom. The average molecular weight is 1100 g/mol. The number of carbonyl (C=O) groups excluding carboxylic acids is 3. The second-order valence-electron chi connectivity index (χ2n) is 22.3. The number of nitrogens with zero attached hydrogens (tertiary/aromatic N) is 1. The molecule has 0 amide bonds. The van der Waals surface area contributed by atoms with Crippen LogP contribution in [0.15, 0.2) is 109 Å². The van der Waals surface area contributed by atoms with Gasteiger partial charge in [-0.25, -0.2) is 0 Å². The maximum Gasteiger partial charge on any atom is 0.306 e. The van der Waals surface area contributed by atoms with Crippen LogP contribution in [0.3, 0.4) is 0 Å². The number of allylic oxidation sites excluding steroid dienone is 18. The van der Waals surface area contributed by atoms with Crippen LogP contribution in [0.2, 0.25) is 0 Å². The first kappa shape index (κ1) is 75.0. The van der Waals surface area contributed by atoms with Gasteiger partial charge in [0.15, 0.2) is 12.4 Å². The van der Waals surface area contributed by atoms with Gasteiger partial charge in [-0.3, -0.25) is 9.59 Å². The summed E-state index contributed by atoms with van der Waals surface area (Å²) < 4.78 is 22.7. The molecule has 0 N–H and O–H groups in total. The molecule has 0 aromatic rings. The summed E-state index contributed by atoms with van der Waals surface area (Å²) in [5.41, 5.74) is 0. The van der Waals surface area contributed by atoms with Gasteiger partial charge in [0.1, 0.15) is 13.2 Å². The second kappa shape index (κ2) is 60.1. The molecule has 0 aromatic heterocycles. The van der Waals surface area contributed by atoms with Crippen LogP contribution in [-0.2, 0) is 33.3 Å². The van der Waals surface area contributed by atoms with Crippen LogP contribution in [0.5, 0.6) is 0 Å². The van der Waals surface area contributed by atoms with E-state index in [0.717, 1.165) is 109 Å². The molecule has 0 saturated heterocycles. The minimum absolute atomic E-state index is 0.142. The fourth-order valence-corrected chi connectivity index (χ4v) is 8.67. The van der Waals surface area contributed by atoms with Crippen molar-refractivity contribution in [3.63, 3.8) is 0 Å². The maximum absolute atomic E-state index is 12.9. The van der Waals surface area contributed by atoms with E-state index in [4.69, 9.17) is 18.9 Å². The molecule has 0 fully saturated rings. The Morgan fingerprint density at radius 3 is 1.01 bits per heavy atom. The van der Waals surface area contributed by atoms with E-state index in [1.54, 1.807) is 0 Å². The number of hydrogen-bond donors (Lipinski definition) is 0. The minimum Gasteiger partial charge on any atom is -0.545 e. The largest absolute Gasteiger partial charge is 0.545 e. The van der Waals surface area contributed by atoms with Crippen molar-refractivity contribution in [2.24, 2.45) is 0 Å². The van der Waals surface area contributed by atoms with Crippen molar-refractivity contribution in [2.75, 3.05) is 47.5 Å². The van der Waals surface area contributed by atoms with Crippen molar-refractivity contribution in [1.29, 1.82) is 0 Å². The molecular weight excluding hydrogens is 983 g/mol. The molecule has 0 aromatic carbocycles. The summed E-state index contributed by atoms with van der Waals surface area (Å²) in [4.78, 5) is 37.4. The van der Waals surface area contributed by atoms with Gasteiger partial charge < -0.3 is 33.3 Å². The normalized spacial score (nSPS) is 13.5. The summed E-state index contributed by atoms with van der Waals surface area (Å²) >= 11 is 0. The number of carboxylic acids is 1. The van der Waals surface area contributed by atoms with E-state index in [1.807, 2.05) is 21.1 Å². The zero-order valence-corrected chi connectivity index (χ0v) is 51.5. The van der Waals surface area contributed by atoms with Gasteiger partial charge in [0.2, 0.25) is 0 Å². The monoisotopic (exact) mass is 1100 g/mol. The molecule has 0 saturated carbocycles. The minimum atomic E-state index is -1.63. The number of esters is 2. The van der Waals surface area contributed by atoms with E-state index in [2.05, 4.69) is 123 Å². The lowest BCUT2D eigenvalue weighted by Crippen LogP contribution is -2.44. The molecule has 2 atom stereocenters. The molecule has 452 valence electrons. The summed E-state index contributed by atoms with van der Waals surface area (Å²) in [6.07, 6.45) is 80.1. The molecule has 0 radical (unpaired) electrons. The lowest BCUT2D eigenvalue weighted by molar-refractivity contribution is -0.870. The highest BCUT2D eigenvalue weighted by atomic mass is 16.7. The van der Waals surface area contributed by atoms with Crippen LogP contribution in [-0.4, -0.2) is 82.3 Å². The smallest absolute Gasteiger partial charge is 0.306 e. The number of ether oxygens (including phenoxy) is 4. The van der Waals surface area contributed by atoms with Gasteiger partial charge in [0, 0.05) is 12.8 Å². The van der Waals surface area contributed by atoms with Gasteiger partial charge in [-0.05, 0) is 96.3 Å². The van der Waals surface area contributed by atoms with Crippen LogP contribution < -0.4 is 5.11 Å². The van der Waals surface area contributed by atoms with Crippen molar-refractivity contribution in [3.05, 3.63) is 109 Å². The SMILES string of the molecule is CC/C=C\C/C=C\C/C=C\C/C=C\C/C=C\CCCCCCCCCCCCCCCCCCCC(=O)OC(COC(=O)CCCCCCCCCC/C=C\C/C=C\C/C=C\C/C=C\CC)COC(OCC[N+](C)(C)C)C(=O)[O-]. The molecule has 0 aliphatic rings. The zero-order valence-electron chi connectivity index (χ0n) is 51.5. The first-order chi connectivity index (χ1) is 38.6. The summed E-state index contributed by atoms with van der Waals surface area (Å²) in [7, 11) is 5.92. The summed E-state index contributed by atoms with van der Waals surface area (Å²) in [5, 5.41) is 11.8. The predicted molar refractivity (Wildman–Crippen MR) is 333 cm³/mol. The average Bonchev–Trinajstić information content (AvgIpc) is 3.42. The van der Waals surface area contributed by atoms with E-state index >= 15 is 0 Å². The number of hydrogen-bond acceptors (Lipinski definition) is 8. The Morgan fingerprint density at radius 2 is 0.684 bits per heavy atom. The van der Waals surface area contributed by atoms with E-state index in [9.17, 15) is 19.5 Å². The molecule has 0 bridgehead atoms. The number of aliphatic carboxylic acids is 1. The summed E-state index contributed by atoms with van der Waals surface area (Å²) in [6, 6.07) is 0. The second-order valence-corrected chi connectivity index (χ2v) is 22.3. The Kier molecular flexibility index (Phi) is 57.0. The Labute approximate surface area is 485 Å². The Bertz CT molecular complexity index is 1660. The van der Waals surface area contributed by atoms with Crippen molar-refractivity contribution in [3.8, 4) is 0 Å². The van der Waals surface area contributed by atoms with Gasteiger partial charge in [-0.2, -0.15) is 0 Å². The van der Waals surface area contributed by atoms with E-state index in [-0.39, 0.29) is 38.6 Å². The molecule has 0 aliphatic heterocycles. The topological polar surface area (TPSA) is 111 Å². The fourth-order valence-electron chi connectivity index (χ4n) is 8.67. The third kappa shape index (κ3) is 61.4. The van der Waals surface area contributed by atoms with Gasteiger partial charge >= 0.3 is 11.9 Å². The first-order valence-electron chi connectivity index (χ1n) is 32.0. The molecule has 9 heteroatoms. The lowest BCUT2D eigenvalue weighted by Gasteiger charge is -2.26. The van der Waals surface area contributed by atoms with Crippen molar-refractivity contribution < 1.29 is 42.9 Å². The molecule has 0 spiro atoms. The van der Waals surface area contributed by atoms with Crippen molar-refractivity contribution >= 4 is 17.9 Å². The molecule has 79 heavy (non-hydrogen) atoms. The standard InChI is InChI=1S/C70H119NO8/c1-6-8-10-12-14-16-18-20-22-24-26-28-29-30-31-32-33-34-35-36-37-38-39-41-43-45-47-49-51-53-55-57-59-61-68(73)79-66(65-78-70(69(74)75)76-63-62-71(3,4)5)64-77-67(72)60-58-56-54-52-50-48-46-44-42-40-27-25-23-21-19-17-15-13-11-9-7-2/h8-11,14-17,20-23,26-28,30-31,40,66,70H,6-7,12-13,18-19,24-25,29,32-39,41-65H2,1-5H3/b10-8-,11-9-,16-14-,17-15-,22-20-,23-21-,28-26-,31-30-,40-27-. The predicted octanol–water partition coefficient (Wildman–Crippen LogP) is 18.1. The highest BCUT2D eigenvalue weighted by Gasteiger charge is 2.22. The maximum atomic E-state index is 12.9. The Hall–Kier alpha value is -4.05. The van der Waals surface area contributed by atoms with Crippen LogP contribution in [0.1, 0.15) is 258 Å². The van der Waals surface area contributed by atoms with Gasteiger partial charge in [-0.1, -0.05) is 258 Å². The van der Waals surface area contributed by atoms with Crippen LogP contribution in [0, 0.1) is 0 Å². The number of rotatable bonds is 58. The number of carbonyl (C=O) groups is 3. The van der Waals surface area contributed by atoms with Gasteiger partial charge in [0.25, 0.3) is 0 Å². The van der Waals surface area contributed by atoms with E-state index in [0.29, 0.717) is 17.4 Å². The Balaban J connectivity index is 4.15. The number of quaternary nitrogens is 1. The molecule has 0 heterocycles. The molecule has 0 rings (SSSR count). The molecule has 2 unspecified atom stereocenters. The number of likely N-dealkylation sites (N-methyl/N-ethyl adjacent to an activating group) is 1. The van der Waals surface area contributed by atoms with Crippen molar-refractivity contribution in [2.45, 2.75) is 270 Å². The van der Waals surface area contributed by atoms with Gasteiger partial charge in [-0.15, -0.1) is 0 Å². The molecular formula is C70H119NO8. The highest BCUT2D eigenvalue weighted by molar-refractivity contribution is 5.70. The molecule has 0 aliphatic carbocycles.